The third kappa shape index (κ3) is 0.716. The van der Waals surface area contributed by atoms with Gasteiger partial charge in [0.15, 0.2) is 5.78 Å². The number of hydrogen-bond acceptors (Lipinski definition) is 3. The molecule has 1 unspecified atom stereocenters. The summed E-state index contributed by atoms with van der Waals surface area (Å²) in [6.45, 7) is 0.431. The second kappa shape index (κ2) is 2.05. The zero-order valence-corrected chi connectivity index (χ0v) is 7.03. The van der Waals surface area contributed by atoms with Crippen LogP contribution < -0.4 is 0 Å². The summed E-state index contributed by atoms with van der Waals surface area (Å²) >= 11 is 0. The second-order valence-corrected chi connectivity index (χ2v) is 3.60. The standard InChI is InChI=1S/C10H9NO2/c12-9-5-11-6-2-1-3-8(11)10(13)7(9)4-6/h1-3,7,13H,4-5H2. The number of piperidine rings is 1. The van der Waals surface area contributed by atoms with Gasteiger partial charge in [-0.05, 0) is 12.2 Å². The summed E-state index contributed by atoms with van der Waals surface area (Å²) in [6, 6.07) is 0. The molecule has 0 saturated carbocycles. The van der Waals surface area contributed by atoms with Gasteiger partial charge in [-0.3, -0.25) is 4.79 Å². The van der Waals surface area contributed by atoms with Gasteiger partial charge in [0.25, 0.3) is 0 Å². The maximum atomic E-state index is 11.4. The number of aliphatic hydroxyl groups excluding tert-OH is 1. The first kappa shape index (κ1) is 6.95. The summed E-state index contributed by atoms with van der Waals surface area (Å²) < 4.78 is 0. The second-order valence-electron chi connectivity index (χ2n) is 3.60. The van der Waals surface area contributed by atoms with Gasteiger partial charge in [0.1, 0.15) is 5.76 Å². The van der Waals surface area contributed by atoms with E-state index in [1.165, 1.54) is 0 Å². The van der Waals surface area contributed by atoms with Gasteiger partial charge in [-0.15, -0.1) is 0 Å². The molecule has 4 heterocycles. The molecule has 1 atom stereocenters. The van der Waals surface area contributed by atoms with Crippen LogP contribution in [-0.4, -0.2) is 22.3 Å². The van der Waals surface area contributed by atoms with Crippen molar-refractivity contribution < 1.29 is 9.90 Å². The van der Waals surface area contributed by atoms with Crippen LogP contribution in [0.2, 0.25) is 0 Å². The molecule has 0 aliphatic carbocycles. The minimum Gasteiger partial charge on any atom is -0.509 e. The van der Waals surface area contributed by atoms with Gasteiger partial charge < -0.3 is 10.0 Å². The maximum Gasteiger partial charge on any atom is 0.163 e. The fraction of sp³-hybridized carbons (Fsp3) is 0.300. The molecule has 4 rings (SSSR count). The van der Waals surface area contributed by atoms with E-state index in [9.17, 15) is 9.90 Å². The van der Waals surface area contributed by atoms with Crippen LogP contribution in [0.1, 0.15) is 6.42 Å². The van der Waals surface area contributed by atoms with Crippen LogP contribution in [0.5, 0.6) is 0 Å². The predicted octanol–water partition coefficient (Wildman–Crippen LogP) is 1.11. The van der Waals surface area contributed by atoms with E-state index < -0.39 is 0 Å². The monoisotopic (exact) mass is 175 g/mol. The molecule has 3 nitrogen and oxygen atoms in total. The van der Waals surface area contributed by atoms with Crippen molar-refractivity contribution in [2.24, 2.45) is 5.92 Å². The summed E-state index contributed by atoms with van der Waals surface area (Å²) in [5, 5.41) is 9.72. The quantitative estimate of drug-likeness (QED) is 0.599. The van der Waals surface area contributed by atoms with Crippen LogP contribution in [0.3, 0.4) is 0 Å². The summed E-state index contributed by atoms with van der Waals surface area (Å²) in [7, 11) is 0. The Balaban J connectivity index is 2.24. The van der Waals surface area contributed by atoms with Gasteiger partial charge in [0.05, 0.1) is 18.2 Å². The summed E-state index contributed by atoms with van der Waals surface area (Å²) in [5.41, 5.74) is 1.97. The van der Waals surface area contributed by atoms with Crippen molar-refractivity contribution in [3.63, 3.8) is 0 Å². The fourth-order valence-corrected chi connectivity index (χ4v) is 2.19. The van der Waals surface area contributed by atoms with Gasteiger partial charge in [-0.25, -0.2) is 0 Å². The Morgan fingerprint density at radius 2 is 2.38 bits per heavy atom. The third-order valence-electron chi connectivity index (χ3n) is 2.89. The van der Waals surface area contributed by atoms with E-state index >= 15 is 0 Å². The molecule has 1 fully saturated rings. The van der Waals surface area contributed by atoms with Crippen LogP contribution in [0.4, 0.5) is 0 Å². The number of aliphatic hydroxyl groups is 1. The molecule has 0 radical (unpaired) electrons. The van der Waals surface area contributed by atoms with E-state index in [2.05, 4.69) is 0 Å². The largest absolute Gasteiger partial charge is 0.509 e. The molecule has 0 aromatic rings. The Bertz CT molecular complexity index is 390. The first-order chi connectivity index (χ1) is 6.27. The number of rotatable bonds is 0. The highest BCUT2D eigenvalue weighted by molar-refractivity contribution is 5.89. The van der Waals surface area contributed by atoms with Crippen molar-refractivity contribution in [1.82, 2.24) is 4.90 Å². The fourth-order valence-electron chi connectivity index (χ4n) is 2.19. The van der Waals surface area contributed by atoms with Gasteiger partial charge in [-0.1, -0.05) is 6.08 Å². The van der Waals surface area contributed by atoms with Crippen molar-refractivity contribution in [3.8, 4) is 0 Å². The first-order valence-corrected chi connectivity index (χ1v) is 4.38. The van der Waals surface area contributed by atoms with E-state index in [-0.39, 0.29) is 17.5 Å². The molecular weight excluding hydrogens is 166 g/mol. The van der Waals surface area contributed by atoms with Crippen LogP contribution in [-0.2, 0) is 4.79 Å². The van der Waals surface area contributed by atoms with E-state index in [1.807, 2.05) is 23.1 Å². The SMILES string of the molecule is O=C1CN2C3=CC=CC2=C(O)C1C3. The van der Waals surface area contributed by atoms with Crippen molar-refractivity contribution >= 4 is 5.78 Å². The van der Waals surface area contributed by atoms with Gasteiger partial charge >= 0.3 is 0 Å². The van der Waals surface area contributed by atoms with E-state index in [1.54, 1.807) is 0 Å². The lowest BCUT2D eigenvalue weighted by Gasteiger charge is -2.42. The Hall–Kier alpha value is -1.51. The Morgan fingerprint density at radius 1 is 1.54 bits per heavy atom. The molecule has 0 aromatic heterocycles. The van der Waals surface area contributed by atoms with E-state index in [4.69, 9.17) is 0 Å². The normalized spacial score (nSPS) is 29.8. The molecule has 4 bridgehead atoms. The molecule has 1 saturated heterocycles. The van der Waals surface area contributed by atoms with Crippen LogP contribution in [0.25, 0.3) is 0 Å². The molecule has 0 amide bonds. The molecule has 3 heteroatoms. The average molecular weight is 175 g/mol. The van der Waals surface area contributed by atoms with Gasteiger partial charge in [-0.2, -0.15) is 0 Å². The Kier molecular flexibility index (Phi) is 1.09. The average Bonchev–Trinajstić information content (AvgIpc) is 2.12. The Morgan fingerprint density at radius 3 is 3.23 bits per heavy atom. The van der Waals surface area contributed by atoms with Gasteiger partial charge in [0, 0.05) is 12.1 Å². The molecule has 1 N–H and O–H groups in total. The molecule has 4 aliphatic rings. The van der Waals surface area contributed by atoms with Crippen LogP contribution in [0, 0.1) is 5.92 Å². The van der Waals surface area contributed by atoms with Crippen LogP contribution in [0.15, 0.2) is 35.4 Å². The zero-order chi connectivity index (χ0) is 9.00. The topological polar surface area (TPSA) is 40.5 Å². The number of carbonyl (C=O) groups excluding carboxylic acids is 1. The van der Waals surface area contributed by atoms with Crippen molar-refractivity contribution in [2.45, 2.75) is 6.42 Å². The lowest BCUT2D eigenvalue weighted by Crippen LogP contribution is -2.45. The summed E-state index contributed by atoms with van der Waals surface area (Å²) in [5.74, 6) is 0.120. The summed E-state index contributed by atoms with van der Waals surface area (Å²) in [4.78, 5) is 13.3. The predicted molar refractivity (Wildman–Crippen MR) is 46.7 cm³/mol. The van der Waals surface area contributed by atoms with Crippen molar-refractivity contribution in [3.05, 3.63) is 35.4 Å². The first-order valence-electron chi connectivity index (χ1n) is 4.38. The van der Waals surface area contributed by atoms with E-state index in [0.717, 1.165) is 11.4 Å². The zero-order valence-electron chi connectivity index (χ0n) is 7.03. The number of carbonyl (C=O) groups is 1. The van der Waals surface area contributed by atoms with Crippen molar-refractivity contribution in [1.29, 1.82) is 0 Å². The number of hydrogen-bond donors (Lipinski definition) is 1. The molecule has 0 spiro atoms. The molecular formula is C10H9NO2. The van der Waals surface area contributed by atoms with Crippen molar-refractivity contribution in [2.75, 3.05) is 6.54 Å². The lowest BCUT2D eigenvalue weighted by molar-refractivity contribution is -0.126. The minimum atomic E-state index is -0.267. The highest BCUT2D eigenvalue weighted by Crippen LogP contribution is 2.40. The highest BCUT2D eigenvalue weighted by atomic mass is 16.3. The number of ketones is 1. The molecule has 4 aliphatic heterocycles. The van der Waals surface area contributed by atoms with Gasteiger partial charge in [0.2, 0.25) is 0 Å². The Labute approximate surface area is 75.7 Å². The third-order valence-corrected chi connectivity index (χ3v) is 2.89. The maximum absolute atomic E-state index is 11.4. The smallest absolute Gasteiger partial charge is 0.163 e. The number of allylic oxidation sites excluding steroid dienone is 5. The number of fused-ring (bicyclic) bond motifs is 1. The molecule has 66 valence electrons. The number of nitrogens with zero attached hydrogens (tertiary/aromatic N) is 1. The highest BCUT2D eigenvalue weighted by Gasteiger charge is 2.41. The summed E-state index contributed by atoms with van der Waals surface area (Å²) in [6.07, 6.45) is 6.45. The number of Topliss-reactive ketones (excluding diaryl/α,β-unsaturated/α-hetero) is 1. The minimum absolute atomic E-state index is 0.133. The van der Waals surface area contributed by atoms with Crippen LogP contribution >= 0.6 is 0 Å². The van der Waals surface area contributed by atoms with E-state index in [0.29, 0.717) is 13.0 Å². The molecule has 0 aromatic carbocycles. The molecule has 13 heavy (non-hydrogen) atoms. The lowest BCUT2D eigenvalue weighted by atomic mass is 9.83.